The van der Waals surface area contributed by atoms with Crippen LogP contribution in [0.25, 0.3) is 0 Å². The number of hydrogen-bond acceptors (Lipinski definition) is 8. The van der Waals surface area contributed by atoms with Gasteiger partial charge in [0.05, 0.1) is 12.0 Å². The van der Waals surface area contributed by atoms with Crippen molar-refractivity contribution in [2.45, 2.75) is 68.5 Å². The van der Waals surface area contributed by atoms with E-state index in [1.165, 1.54) is 12.5 Å². The van der Waals surface area contributed by atoms with Crippen molar-refractivity contribution < 1.29 is 29.3 Å². The van der Waals surface area contributed by atoms with Gasteiger partial charge in [-0.15, -0.1) is 0 Å². The highest BCUT2D eigenvalue weighted by Gasteiger charge is 2.70. The summed E-state index contributed by atoms with van der Waals surface area (Å²) >= 11 is 0. The molecule has 5 aliphatic heterocycles. The van der Waals surface area contributed by atoms with E-state index >= 15 is 0 Å². The molecule has 230 valence electrons. The van der Waals surface area contributed by atoms with Crippen molar-refractivity contribution in [2.75, 3.05) is 20.1 Å². The van der Waals surface area contributed by atoms with E-state index < -0.39 is 47.6 Å². The van der Waals surface area contributed by atoms with Gasteiger partial charge in [0.25, 0.3) is 11.8 Å². The minimum Gasteiger partial charge on any atom is -0.388 e. The molecule has 5 unspecified atom stereocenters. The smallest absolute Gasteiger partial charge is 0.280 e. The molecule has 11 heteroatoms. The molecule has 4 saturated heterocycles. The summed E-state index contributed by atoms with van der Waals surface area (Å²) in [6.07, 6.45) is 9.07. The van der Waals surface area contributed by atoms with Gasteiger partial charge in [-0.05, 0) is 61.6 Å². The van der Waals surface area contributed by atoms with Crippen molar-refractivity contribution >= 4 is 17.7 Å². The number of ether oxygens (including phenoxy) is 1. The van der Waals surface area contributed by atoms with Crippen molar-refractivity contribution in [1.29, 1.82) is 0 Å². The highest BCUT2D eigenvalue weighted by molar-refractivity contribution is 5.97. The number of fused-ring (bicyclic) bond motifs is 4. The predicted octanol–water partition coefficient (Wildman–Crippen LogP) is 0.488. The van der Waals surface area contributed by atoms with Gasteiger partial charge in [0.1, 0.15) is 12.1 Å². The second kappa shape index (κ2) is 9.61. The van der Waals surface area contributed by atoms with Gasteiger partial charge in [-0.1, -0.05) is 42.5 Å². The van der Waals surface area contributed by atoms with E-state index in [0.717, 1.165) is 33.7 Å². The molecular weight excluding hydrogens is 562 g/mol. The first kappa shape index (κ1) is 27.8. The van der Waals surface area contributed by atoms with E-state index in [1.54, 1.807) is 4.90 Å². The van der Waals surface area contributed by atoms with E-state index in [4.69, 9.17) is 4.74 Å². The van der Waals surface area contributed by atoms with Crippen LogP contribution >= 0.6 is 0 Å². The molecule has 8 atom stereocenters. The second-order valence-electron chi connectivity index (χ2n) is 13.3. The Bertz CT molecular complexity index is 1590. The number of carbonyl (C=O) groups is 3. The summed E-state index contributed by atoms with van der Waals surface area (Å²) < 4.78 is 6.20. The molecule has 0 bridgehead atoms. The number of piperazine rings is 1. The van der Waals surface area contributed by atoms with Crippen molar-refractivity contribution in [3.63, 3.8) is 0 Å². The van der Waals surface area contributed by atoms with Gasteiger partial charge in [0.15, 0.2) is 0 Å². The standard InChI is InChI=1S/C33H37N5O6/c1-32(31(42)38-24(14-18-8-4-3-5-9-18)30(41)37-13-7-12-25(37)33(38,43)44-32)35-29(40)21-17-36(2)23-15-19-16-34-22-11-6-10-20(26(19)22)27(23)28(21)39/h3-6,8-11,16,21,23-26,28,34,39,43H,7,12-15,17H2,1-2H3,(H,35,40)/t21-,23-,24?,25+,26?,28?,32?,33?/m1/s1. The van der Waals surface area contributed by atoms with Crippen LogP contribution in [0.3, 0.4) is 0 Å². The van der Waals surface area contributed by atoms with Crippen LogP contribution in [0, 0.1) is 11.8 Å². The predicted molar refractivity (Wildman–Crippen MR) is 158 cm³/mol. The molecule has 0 saturated carbocycles. The number of nitrogens with one attached hydrogen (secondary N) is 2. The number of nitrogens with zero attached hydrogens (tertiary/aromatic N) is 3. The maximum atomic E-state index is 14.2. The third-order valence-corrected chi connectivity index (χ3v) is 10.7. The lowest BCUT2D eigenvalue weighted by Gasteiger charge is -2.48. The van der Waals surface area contributed by atoms with Gasteiger partial charge < -0.3 is 25.7 Å². The Morgan fingerprint density at radius 3 is 2.82 bits per heavy atom. The van der Waals surface area contributed by atoms with Crippen LogP contribution in [0.4, 0.5) is 0 Å². The van der Waals surface area contributed by atoms with Crippen molar-refractivity contribution in [2.24, 2.45) is 11.8 Å². The van der Waals surface area contributed by atoms with Crippen LogP contribution < -0.4 is 10.6 Å². The number of hydrogen-bond donors (Lipinski definition) is 4. The number of aliphatic hydroxyl groups excluding tert-OH is 1. The van der Waals surface area contributed by atoms with Crippen molar-refractivity contribution in [1.82, 2.24) is 25.3 Å². The molecule has 0 aromatic heterocycles. The first-order chi connectivity index (χ1) is 21.1. The Morgan fingerprint density at radius 2 is 2.02 bits per heavy atom. The maximum Gasteiger partial charge on any atom is 0.280 e. The normalized spacial score (nSPS) is 38.9. The van der Waals surface area contributed by atoms with Crippen molar-refractivity contribution in [3.05, 3.63) is 82.7 Å². The molecule has 3 amide bonds. The van der Waals surface area contributed by atoms with Gasteiger partial charge in [-0.2, -0.15) is 0 Å². The molecular formula is C33H37N5O6. The van der Waals surface area contributed by atoms with Gasteiger partial charge in [-0.25, -0.2) is 0 Å². The monoisotopic (exact) mass is 599 g/mol. The molecule has 4 N–H and O–H groups in total. The topological polar surface area (TPSA) is 135 Å². The first-order valence-corrected chi connectivity index (χ1v) is 15.5. The molecule has 0 radical (unpaired) electrons. The molecule has 5 heterocycles. The number of benzene rings is 1. The molecule has 44 heavy (non-hydrogen) atoms. The summed E-state index contributed by atoms with van der Waals surface area (Å²) in [5.74, 6) is -4.40. The van der Waals surface area contributed by atoms with Gasteiger partial charge in [0.2, 0.25) is 17.5 Å². The van der Waals surface area contributed by atoms with E-state index in [1.807, 2.05) is 61.8 Å². The Balaban J connectivity index is 1.10. The lowest BCUT2D eigenvalue weighted by atomic mass is 9.69. The lowest BCUT2D eigenvalue weighted by Crippen LogP contribution is -2.71. The van der Waals surface area contributed by atoms with Crippen LogP contribution in [0.2, 0.25) is 0 Å². The van der Waals surface area contributed by atoms with Gasteiger partial charge in [0, 0.05) is 43.4 Å². The summed E-state index contributed by atoms with van der Waals surface area (Å²) in [5, 5.41) is 29.9. The largest absolute Gasteiger partial charge is 0.388 e. The zero-order valence-corrected chi connectivity index (χ0v) is 24.8. The Morgan fingerprint density at radius 1 is 1.23 bits per heavy atom. The zero-order chi connectivity index (χ0) is 30.5. The summed E-state index contributed by atoms with van der Waals surface area (Å²) in [7, 11) is 1.94. The molecule has 7 aliphatic rings. The summed E-state index contributed by atoms with van der Waals surface area (Å²) in [6.45, 7) is 2.17. The van der Waals surface area contributed by atoms with Gasteiger partial charge >= 0.3 is 0 Å². The first-order valence-electron chi connectivity index (χ1n) is 15.5. The third kappa shape index (κ3) is 3.79. The zero-order valence-electron chi connectivity index (χ0n) is 24.8. The number of piperidine rings is 1. The minimum absolute atomic E-state index is 0.0481. The van der Waals surface area contributed by atoms with Crippen LogP contribution in [0.1, 0.15) is 31.7 Å². The highest BCUT2D eigenvalue weighted by atomic mass is 16.7. The SMILES string of the molecule is CN1C[C@@H](C(=O)NC2(C)OC3(O)[C@@H]4CCCN4C(=O)C(Cc4ccccc4)N3C2=O)C(O)C2=C3C=CC=C4NC=C(C[C@H]21)C43. The number of allylic oxidation sites excluding steroid dienone is 4. The molecule has 11 nitrogen and oxygen atoms in total. The Labute approximate surface area is 255 Å². The molecule has 8 rings (SSSR count). The van der Waals surface area contributed by atoms with Crippen LogP contribution in [0.5, 0.6) is 0 Å². The average molecular weight is 600 g/mol. The summed E-state index contributed by atoms with van der Waals surface area (Å²) in [4.78, 5) is 46.8. The molecule has 1 aromatic carbocycles. The van der Waals surface area contributed by atoms with E-state index in [2.05, 4.69) is 15.5 Å². The fraction of sp³-hybridized carbons (Fsp3) is 0.485. The molecule has 0 spiro atoms. The van der Waals surface area contributed by atoms with Crippen molar-refractivity contribution in [3.8, 4) is 0 Å². The summed E-state index contributed by atoms with van der Waals surface area (Å²) in [6, 6.07) is 7.56. The Kier molecular flexibility index (Phi) is 6.06. The quantitative estimate of drug-likeness (QED) is 0.393. The number of amides is 3. The summed E-state index contributed by atoms with van der Waals surface area (Å²) in [5.41, 5.74) is 3.04. The highest BCUT2D eigenvalue weighted by Crippen LogP contribution is 2.49. The van der Waals surface area contributed by atoms with E-state index in [0.29, 0.717) is 19.4 Å². The second-order valence-corrected chi connectivity index (χ2v) is 13.3. The number of likely N-dealkylation sites (N-methyl/N-ethyl adjacent to an activating group) is 1. The molecule has 4 fully saturated rings. The third-order valence-electron chi connectivity index (χ3n) is 10.7. The fourth-order valence-electron chi connectivity index (χ4n) is 8.62. The molecule has 1 aromatic rings. The number of rotatable bonds is 4. The number of aliphatic hydroxyl groups is 2. The molecule has 2 aliphatic carbocycles. The van der Waals surface area contributed by atoms with Gasteiger partial charge in [-0.3, -0.25) is 28.9 Å². The maximum absolute atomic E-state index is 14.2. The number of carbonyl (C=O) groups excluding carboxylic acids is 3. The Hall–Kier alpha value is -3.77. The average Bonchev–Trinajstić information content (AvgIpc) is 3.71. The fourth-order valence-corrected chi connectivity index (χ4v) is 8.62. The minimum atomic E-state index is -2.10. The number of likely N-dealkylation sites (tertiary alicyclic amines) is 1. The van der Waals surface area contributed by atoms with Crippen LogP contribution in [0.15, 0.2) is 77.2 Å². The van der Waals surface area contributed by atoms with Crippen LogP contribution in [-0.2, 0) is 25.5 Å². The van der Waals surface area contributed by atoms with E-state index in [-0.39, 0.29) is 30.8 Å². The van der Waals surface area contributed by atoms with E-state index in [9.17, 15) is 24.6 Å². The lowest BCUT2D eigenvalue weighted by molar-refractivity contribution is -0.315. The van der Waals surface area contributed by atoms with Crippen LogP contribution in [-0.4, -0.2) is 98.6 Å².